The third-order valence-electron chi connectivity index (χ3n) is 6.51. The smallest absolute Gasteiger partial charge is 0.293 e. The summed E-state index contributed by atoms with van der Waals surface area (Å²) in [6, 6.07) is 21.2. The Balaban J connectivity index is 1.47. The SMILES string of the molecule is NS(=O)(=O)c1ccc(-n2nc(C(=O)N3CC(CO)C(c4ccccn4)C3)nc2Cc2ccccc2)cc1. The number of pyridine rings is 1. The summed E-state index contributed by atoms with van der Waals surface area (Å²) in [5, 5.41) is 19.7. The summed E-state index contributed by atoms with van der Waals surface area (Å²) in [4.78, 5) is 24.1. The molecule has 1 saturated heterocycles. The minimum atomic E-state index is -3.85. The fraction of sp³-hybridized carbons (Fsp3) is 0.231. The van der Waals surface area contributed by atoms with Gasteiger partial charge in [-0.05, 0) is 42.0 Å². The molecule has 0 bridgehead atoms. The molecule has 1 fully saturated rings. The van der Waals surface area contributed by atoms with Crippen molar-refractivity contribution < 1.29 is 18.3 Å². The van der Waals surface area contributed by atoms with Crippen LogP contribution in [0.3, 0.4) is 0 Å². The van der Waals surface area contributed by atoms with Gasteiger partial charge >= 0.3 is 0 Å². The van der Waals surface area contributed by atoms with Crippen molar-refractivity contribution in [3.05, 3.63) is 102 Å². The Bertz CT molecular complexity index is 1490. The van der Waals surface area contributed by atoms with E-state index in [1.54, 1.807) is 27.9 Å². The van der Waals surface area contributed by atoms with E-state index in [4.69, 9.17) is 5.14 Å². The average molecular weight is 519 g/mol. The van der Waals surface area contributed by atoms with E-state index < -0.39 is 10.0 Å². The van der Waals surface area contributed by atoms with Gasteiger partial charge in [-0.3, -0.25) is 9.78 Å². The van der Waals surface area contributed by atoms with E-state index >= 15 is 0 Å². The van der Waals surface area contributed by atoms with Gasteiger partial charge in [0.1, 0.15) is 5.82 Å². The maximum absolute atomic E-state index is 13.5. The number of primary sulfonamides is 1. The Kier molecular flexibility index (Phi) is 6.83. The van der Waals surface area contributed by atoms with Crippen molar-refractivity contribution in [3.8, 4) is 5.69 Å². The van der Waals surface area contributed by atoms with Gasteiger partial charge in [0.15, 0.2) is 0 Å². The van der Waals surface area contributed by atoms with E-state index in [-0.39, 0.29) is 35.1 Å². The quantitative estimate of drug-likeness (QED) is 0.379. The monoisotopic (exact) mass is 518 g/mol. The van der Waals surface area contributed by atoms with Crippen LogP contribution in [0.2, 0.25) is 0 Å². The third kappa shape index (κ3) is 5.29. The molecule has 10 nitrogen and oxygen atoms in total. The molecule has 190 valence electrons. The van der Waals surface area contributed by atoms with Crippen molar-refractivity contribution in [2.45, 2.75) is 17.2 Å². The van der Waals surface area contributed by atoms with Gasteiger partial charge in [-0.25, -0.2) is 23.2 Å². The molecule has 3 N–H and O–H groups in total. The van der Waals surface area contributed by atoms with Crippen LogP contribution in [0.5, 0.6) is 0 Å². The molecule has 2 aromatic carbocycles. The first-order chi connectivity index (χ1) is 17.8. The summed E-state index contributed by atoms with van der Waals surface area (Å²) < 4.78 is 24.9. The summed E-state index contributed by atoms with van der Waals surface area (Å²) in [6.07, 6.45) is 2.11. The van der Waals surface area contributed by atoms with Gasteiger partial charge in [-0.1, -0.05) is 36.4 Å². The van der Waals surface area contributed by atoms with Crippen molar-refractivity contribution in [2.24, 2.45) is 11.1 Å². The summed E-state index contributed by atoms with van der Waals surface area (Å²) in [7, 11) is -3.85. The molecule has 0 spiro atoms. The van der Waals surface area contributed by atoms with Gasteiger partial charge in [-0.15, -0.1) is 5.10 Å². The number of hydrogen-bond donors (Lipinski definition) is 2. The molecule has 2 aromatic heterocycles. The maximum atomic E-state index is 13.5. The molecule has 37 heavy (non-hydrogen) atoms. The molecule has 11 heteroatoms. The number of carbonyl (C=O) groups is 1. The average Bonchev–Trinajstić information content (AvgIpc) is 3.54. The van der Waals surface area contributed by atoms with Crippen LogP contribution in [-0.2, 0) is 16.4 Å². The standard InChI is InChI=1S/C26H26N6O4S/c27-37(35,36)21-11-9-20(10-12-21)32-24(14-18-6-2-1-3-7-18)29-25(30-32)26(34)31-15-19(17-33)22(16-31)23-8-4-5-13-28-23/h1-13,19,22,33H,14-17H2,(H2,27,35,36). The molecule has 2 atom stereocenters. The van der Waals surface area contributed by atoms with Crippen LogP contribution in [-0.4, -0.2) is 63.8 Å². The van der Waals surface area contributed by atoms with Gasteiger partial charge in [-0.2, -0.15) is 0 Å². The molecule has 0 radical (unpaired) electrons. The minimum Gasteiger partial charge on any atom is -0.396 e. The number of nitrogens with two attached hydrogens (primary N) is 1. The first-order valence-corrected chi connectivity index (χ1v) is 13.3. The van der Waals surface area contributed by atoms with Crippen molar-refractivity contribution in [1.29, 1.82) is 0 Å². The molecule has 0 aliphatic carbocycles. The van der Waals surface area contributed by atoms with Crippen LogP contribution in [0.25, 0.3) is 5.69 Å². The molecule has 1 aliphatic rings. The van der Waals surface area contributed by atoms with Gasteiger partial charge < -0.3 is 10.0 Å². The van der Waals surface area contributed by atoms with Gasteiger partial charge in [0.2, 0.25) is 15.8 Å². The molecule has 2 unspecified atom stereocenters. The lowest BCUT2D eigenvalue weighted by Crippen LogP contribution is -2.30. The van der Waals surface area contributed by atoms with Gasteiger partial charge in [0, 0.05) is 49.8 Å². The third-order valence-corrected chi connectivity index (χ3v) is 7.44. The fourth-order valence-corrected chi connectivity index (χ4v) is 5.12. The zero-order chi connectivity index (χ0) is 26.0. The first-order valence-electron chi connectivity index (χ1n) is 11.8. The number of sulfonamides is 1. The number of benzene rings is 2. The van der Waals surface area contributed by atoms with Crippen LogP contribution in [0, 0.1) is 5.92 Å². The number of likely N-dealkylation sites (tertiary alicyclic amines) is 1. The summed E-state index contributed by atoms with van der Waals surface area (Å²) in [5.41, 5.74) is 2.36. The predicted molar refractivity (Wildman–Crippen MR) is 135 cm³/mol. The second-order valence-corrected chi connectivity index (χ2v) is 10.5. The highest BCUT2D eigenvalue weighted by Gasteiger charge is 2.38. The Labute approximate surface area is 214 Å². The maximum Gasteiger partial charge on any atom is 0.293 e. The summed E-state index contributed by atoms with van der Waals surface area (Å²) in [5.74, 6) is -0.0229. The Morgan fingerprint density at radius 2 is 1.73 bits per heavy atom. The first kappa shape index (κ1) is 24.8. The molecule has 4 aromatic rings. The highest BCUT2D eigenvalue weighted by molar-refractivity contribution is 7.89. The summed E-state index contributed by atoms with van der Waals surface area (Å²) >= 11 is 0. The van der Waals surface area contributed by atoms with Crippen molar-refractivity contribution in [1.82, 2.24) is 24.6 Å². The topological polar surface area (TPSA) is 144 Å². The van der Waals surface area contributed by atoms with Crippen LogP contribution in [0.4, 0.5) is 0 Å². The summed E-state index contributed by atoms with van der Waals surface area (Å²) in [6.45, 7) is 0.692. The van der Waals surface area contributed by atoms with Crippen molar-refractivity contribution >= 4 is 15.9 Å². The number of aliphatic hydroxyl groups excluding tert-OH is 1. The molecule has 3 heterocycles. The molecule has 5 rings (SSSR count). The fourth-order valence-electron chi connectivity index (χ4n) is 4.61. The normalized spacial score (nSPS) is 17.7. The lowest BCUT2D eigenvalue weighted by Gasteiger charge is -2.14. The van der Waals surface area contributed by atoms with E-state index in [1.807, 2.05) is 48.5 Å². The predicted octanol–water partition coefficient (Wildman–Crippen LogP) is 1.75. The Morgan fingerprint density at radius 3 is 2.38 bits per heavy atom. The van der Waals surface area contributed by atoms with E-state index in [2.05, 4.69) is 15.1 Å². The van der Waals surface area contributed by atoms with Gasteiger partial charge in [0.25, 0.3) is 5.91 Å². The Hall–Kier alpha value is -3.93. The van der Waals surface area contributed by atoms with Crippen LogP contribution < -0.4 is 5.14 Å². The molecular formula is C26H26N6O4S. The lowest BCUT2D eigenvalue weighted by molar-refractivity contribution is 0.0769. The molecule has 0 saturated carbocycles. The van der Waals surface area contributed by atoms with E-state index in [0.29, 0.717) is 31.0 Å². The second-order valence-electron chi connectivity index (χ2n) is 8.98. The number of amides is 1. The van der Waals surface area contributed by atoms with Crippen molar-refractivity contribution in [2.75, 3.05) is 19.7 Å². The van der Waals surface area contributed by atoms with Crippen molar-refractivity contribution in [3.63, 3.8) is 0 Å². The molecule has 1 amide bonds. The number of carbonyl (C=O) groups excluding carboxylic acids is 1. The minimum absolute atomic E-state index is 0.0232. The zero-order valence-corrected chi connectivity index (χ0v) is 20.7. The number of aromatic nitrogens is 4. The van der Waals surface area contributed by atoms with Crippen LogP contribution in [0.1, 0.15) is 33.6 Å². The van der Waals surface area contributed by atoms with E-state index in [1.165, 1.54) is 12.1 Å². The second kappa shape index (κ2) is 10.2. The molecular weight excluding hydrogens is 492 g/mol. The van der Waals surface area contributed by atoms with E-state index in [0.717, 1.165) is 11.3 Å². The number of aliphatic hydroxyl groups is 1. The lowest BCUT2D eigenvalue weighted by atomic mass is 9.93. The largest absolute Gasteiger partial charge is 0.396 e. The number of hydrogen-bond acceptors (Lipinski definition) is 7. The number of nitrogens with zero attached hydrogens (tertiary/aromatic N) is 5. The highest BCUT2D eigenvalue weighted by atomic mass is 32.2. The highest BCUT2D eigenvalue weighted by Crippen LogP contribution is 2.32. The van der Waals surface area contributed by atoms with Crippen LogP contribution >= 0.6 is 0 Å². The Morgan fingerprint density at radius 1 is 1.00 bits per heavy atom. The zero-order valence-electron chi connectivity index (χ0n) is 19.9. The van der Waals surface area contributed by atoms with E-state index in [9.17, 15) is 18.3 Å². The number of rotatable bonds is 7. The molecule has 1 aliphatic heterocycles. The van der Waals surface area contributed by atoms with Crippen LogP contribution in [0.15, 0.2) is 83.9 Å². The van der Waals surface area contributed by atoms with Gasteiger partial charge in [0.05, 0.1) is 10.6 Å².